The van der Waals surface area contributed by atoms with E-state index < -0.39 is 0 Å². The lowest BCUT2D eigenvalue weighted by Crippen LogP contribution is -1.90. The van der Waals surface area contributed by atoms with Gasteiger partial charge >= 0.3 is 0 Å². The van der Waals surface area contributed by atoms with Gasteiger partial charge in [0, 0.05) is 4.47 Å². The van der Waals surface area contributed by atoms with Gasteiger partial charge in [-0.05, 0) is 29.7 Å². The lowest BCUT2D eigenvalue weighted by Gasteiger charge is -2.01. The molecule has 3 heteroatoms. The Morgan fingerprint density at radius 2 is 2.33 bits per heavy atom. The molecule has 0 saturated heterocycles. The van der Waals surface area contributed by atoms with Crippen molar-refractivity contribution in [3.05, 3.63) is 33.8 Å². The zero-order valence-electron chi connectivity index (χ0n) is 6.79. The lowest BCUT2D eigenvalue weighted by atomic mass is 10.1. The molecule has 1 aromatic rings. The van der Waals surface area contributed by atoms with Crippen molar-refractivity contribution >= 4 is 22.1 Å². The number of halogens is 1. The van der Waals surface area contributed by atoms with Gasteiger partial charge in [-0.3, -0.25) is 0 Å². The molecule has 1 N–H and O–H groups in total. The molecule has 0 radical (unpaired) electrons. The molecule has 0 fully saturated rings. The monoisotopic (exact) mass is 227 g/mol. The van der Waals surface area contributed by atoms with Crippen molar-refractivity contribution in [1.82, 2.24) is 0 Å². The van der Waals surface area contributed by atoms with Crippen LogP contribution < -0.4 is 0 Å². The van der Waals surface area contributed by atoms with Crippen LogP contribution in [0.15, 0.2) is 27.8 Å². The summed E-state index contributed by atoms with van der Waals surface area (Å²) >= 11 is 3.38. The van der Waals surface area contributed by atoms with Crippen LogP contribution in [0.4, 0.5) is 0 Å². The van der Waals surface area contributed by atoms with Gasteiger partial charge in [-0.1, -0.05) is 34.1 Å². The van der Waals surface area contributed by atoms with Crippen molar-refractivity contribution in [2.45, 2.75) is 13.3 Å². The van der Waals surface area contributed by atoms with E-state index >= 15 is 0 Å². The Morgan fingerprint density at radius 1 is 1.58 bits per heavy atom. The normalized spacial score (nSPS) is 10.8. The minimum atomic E-state index is 0.931. The molecule has 0 bridgehead atoms. The van der Waals surface area contributed by atoms with E-state index in [1.807, 2.05) is 18.2 Å². The van der Waals surface area contributed by atoms with Gasteiger partial charge in [-0.25, -0.2) is 0 Å². The van der Waals surface area contributed by atoms with Gasteiger partial charge < -0.3 is 5.21 Å². The summed E-state index contributed by atoms with van der Waals surface area (Å²) < 4.78 is 1.05. The highest BCUT2D eigenvalue weighted by atomic mass is 79.9. The lowest BCUT2D eigenvalue weighted by molar-refractivity contribution is 0.322. The van der Waals surface area contributed by atoms with Gasteiger partial charge in [0.15, 0.2) is 0 Å². The van der Waals surface area contributed by atoms with Crippen LogP contribution in [0.3, 0.4) is 0 Å². The summed E-state index contributed by atoms with van der Waals surface area (Å²) in [6, 6.07) is 5.87. The van der Waals surface area contributed by atoms with E-state index in [2.05, 4.69) is 28.0 Å². The second kappa shape index (κ2) is 4.26. The van der Waals surface area contributed by atoms with Crippen LogP contribution in [0.5, 0.6) is 0 Å². The quantitative estimate of drug-likeness (QED) is 0.471. The highest BCUT2D eigenvalue weighted by molar-refractivity contribution is 9.10. The van der Waals surface area contributed by atoms with Gasteiger partial charge in [-0.15, -0.1) is 0 Å². The molecule has 0 unspecified atom stereocenters. The molecule has 0 atom stereocenters. The van der Waals surface area contributed by atoms with E-state index in [0.717, 1.165) is 16.5 Å². The van der Waals surface area contributed by atoms with Crippen LogP contribution in [-0.4, -0.2) is 11.4 Å². The first-order valence-electron chi connectivity index (χ1n) is 3.73. The third kappa shape index (κ3) is 2.08. The zero-order valence-corrected chi connectivity index (χ0v) is 8.37. The Kier molecular flexibility index (Phi) is 3.29. The van der Waals surface area contributed by atoms with Crippen molar-refractivity contribution in [2.75, 3.05) is 0 Å². The van der Waals surface area contributed by atoms with Crippen molar-refractivity contribution in [3.63, 3.8) is 0 Å². The van der Waals surface area contributed by atoms with Gasteiger partial charge in [0.2, 0.25) is 0 Å². The summed E-state index contributed by atoms with van der Waals surface area (Å²) in [7, 11) is 0. The Labute approximate surface area is 80.0 Å². The fourth-order valence-corrected chi connectivity index (χ4v) is 1.48. The highest BCUT2D eigenvalue weighted by Crippen LogP contribution is 2.15. The number of oxime groups is 1. The van der Waals surface area contributed by atoms with Crippen LogP contribution in [-0.2, 0) is 6.42 Å². The van der Waals surface area contributed by atoms with E-state index in [-0.39, 0.29) is 0 Å². The van der Waals surface area contributed by atoms with E-state index in [1.54, 1.807) is 0 Å². The maximum atomic E-state index is 8.37. The van der Waals surface area contributed by atoms with Crippen LogP contribution in [0, 0.1) is 0 Å². The fraction of sp³-hybridized carbons (Fsp3) is 0.222. The molecule has 1 aromatic carbocycles. The third-order valence-electron chi connectivity index (χ3n) is 1.68. The van der Waals surface area contributed by atoms with Crippen molar-refractivity contribution in [3.8, 4) is 0 Å². The van der Waals surface area contributed by atoms with E-state index in [4.69, 9.17) is 5.21 Å². The van der Waals surface area contributed by atoms with Crippen LogP contribution in [0.2, 0.25) is 0 Å². The molecular formula is C9H10BrNO. The molecule has 2 nitrogen and oxygen atoms in total. The molecule has 0 aliphatic heterocycles. The molecule has 1 rings (SSSR count). The van der Waals surface area contributed by atoms with Gasteiger partial charge in [0.1, 0.15) is 0 Å². The first kappa shape index (κ1) is 9.26. The molecule has 0 spiro atoms. The Bertz CT molecular complexity index is 297. The average Bonchev–Trinajstić information content (AvgIpc) is 2.08. The number of aryl methyl sites for hydroxylation is 1. The van der Waals surface area contributed by atoms with E-state index in [1.165, 1.54) is 11.8 Å². The first-order chi connectivity index (χ1) is 5.77. The van der Waals surface area contributed by atoms with Gasteiger partial charge in [-0.2, -0.15) is 0 Å². The molecule has 12 heavy (non-hydrogen) atoms. The summed E-state index contributed by atoms with van der Waals surface area (Å²) in [5.74, 6) is 0. The Balaban J connectivity index is 3.10. The highest BCUT2D eigenvalue weighted by Gasteiger charge is 1.98. The molecule has 0 heterocycles. The minimum absolute atomic E-state index is 0.931. The summed E-state index contributed by atoms with van der Waals surface area (Å²) in [6.45, 7) is 2.07. The predicted molar refractivity (Wildman–Crippen MR) is 52.9 cm³/mol. The topological polar surface area (TPSA) is 32.6 Å². The molecule has 0 saturated carbocycles. The molecular weight excluding hydrogens is 218 g/mol. The molecule has 0 aliphatic carbocycles. The maximum absolute atomic E-state index is 8.37. The summed E-state index contributed by atoms with van der Waals surface area (Å²) in [6.07, 6.45) is 2.38. The zero-order chi connectivity index (χ0) is 8.97. The molecule has 0 aromatic heterocycles. The summed E-state index contributed by atoms with van der Waals surface area (Å²) in [5.41, 5.74) is 2.13. The van der Waals surface area contributed by atoms with Crippen LogP contribution >= 0.6 is 15.9 Å². The largest absolute Gasteiger partial charge is 0.411 e. The molecule has 0 amide bonds. The van der Waals surface area contributed by atoms with E-state index in [9.17, 15) is 0 Å². The Hall–Kier alpha value is -0.830. The van der Waals surface area contributed by atoms with Crippen LogP contribution in [0.1, 0.15) is 18.1 Å². The average molecular weight is 228 g/mol. The fourth-order valence-electron chi connectivity index (χ4n) is 1.07. The summed E-state index contributed by atoms with van der Waals surface area (Å²) in [4.78, 5) is 0. The second-order valence-corrected chi connectivity index (χ2v) is 3.36. The number of rotatable bonds is 2. The first-order valence-corrected chi connectivity index (χ1v) is 4.53. The predicted octanol–water partition coefficient (Wildman–Crippen LogP) is 2.82. The minimum Gasteiger partial charge on any atom is -0.411 e. The van der Waals surface area contributed by atoms with E-state index in [0.29, 0.717) is 0 Å². The van der Waals surface area contributed by atoms with Gasteiger partial charge in [0.25, 0.3) is 0 Å². The summed E-state index contributed by atoms with van der Waals surface area (Å²) in [5, 5.41) is 11.4. The van der Waals surface area contributed by atoms with Crippen LogP contribution in [0.25, 0.3) is 0 Å². The smallest absolute Gasteiger partial charge is 0.0736 e. The standard InChI is InChI=1S/C9H10BrNO/c1-2-7-5-9(10)4-3-8(7)6-11-12/h3-6,12H,2H2,1H3. The second-order valence-electron chi connectivity index (χ2n) is 2.44. The molecule has 64 valence electrons. The number of benzene rings is 1. The van der Waals surface area contributed by atoms with Crippen molar-refractivity contribution in [2.24, 2.45) is 5.16 Å². The third-order valence-corrected chi connectivity index (χ3v) is 2.18. The van der Waals surface area contributed by atoms with Crippen molar-refractivity contribution in [1.29, 1.82) is 0 Å². The maximum Gasteiger partial charge on any atom is 0.0736 e. The number of nitrogens with zero attached hydrogens (tertiary/aromatic N) is 1. The number of hydrogen-bond acceptors (Lipinski definition) is 2. The molecule has 0 aliphatic rings. The number of hydrogen-bond donors (Lipinski definition) is 1. The van der Waals surface area contributed by atoms with Crippen molar-refractivity contribution < 1.29 is 5.21 Å². The van der Waals surface area contributed by atoms with Gasteiger partial charge in [0.05, 0.1) is 6.21 Å². The Morgan fingerprint density at radius 3 is 2.92 bits per heavy atom. The SMILES string of the molecule is CCc1cc(Br)ccc1C=NO.